The van der Waals surface area contributed by atoms with Gasteiger partial charge in [0.15, 0.2) is 0 Å². The van der Waals surface area contributed by atoms with E-state index in [1.165, 1.54) is 18.2 Å². The van der Waals surface area contributed by atoms with Gasteiger partial charge in [-0.2, -0.15) is 0 Å². The number of benzene rings is 1. The Morgan fingerprint density at radius 3 is 2.74 bits per heavy atom. The van der Waals surface area contributed by atoms with Crippen molar-refractivity contribution in [1.82, 2.24) is 5.32 Å². The van der Waals surface area contributed by atoms with Gasteiger partial charge in [-0.25, -0.2) is 0 Å². The minimum atomic E-state index is -0.468. The number of non-ortho nitro benzene ring substituents is 1. The third-order valence-corrected chi connectivity index (χ3v) is 3.53. The Labute approximate surface area is 120 Å². The molecule has 6 heteroatoms. The molecule has 0 aliphatic rings. The van der Waals surface area contributed by atoms with Crippen LogP contribution in [0.15, 0.2) is 18.2 Å². The predicted octanol–water partition coefficient (Wildman–Crippen LogP) is 3.20. The molecule has 0 heterocycles. The third kappa shape index (κ3) is 4.63. The number of nitrogens with one attached hydrogen (secondary N) is 1. The molecule has 1 N–H and O–H groups in total. The number of carbonyl (C=O) groups is 1. The van der Waals surface area contributed by atoms with Crippen molar-refractivity contribution in [3.63, 3.8) is 0 Å². The third-order valence-electron chi connectivity index (χ3n) is 2.75. The van der Waals surface area contributed by atoms with Crippen molar-refractivity contribution in [3.8, 4) is 0 Å². The summed E-state index contributed by atoms with van der Waals surface area (Å²) in [4.78, 5) is 22.4. The Morgan fingerprint density at radius 1 is 1.53 bits per heavy atom. The van der Waals surface area contributed by atoms with Gasteiger partial charge in [-0.15, -0.1) is 0 Å². The molecule has 1 unspecified atom stereocenters. The van der Waals surface area contributed by atoms with Gasteiger partial charge < -0.3 is 5.32 Å². The molecule has 104 valence electrons. The van der Waals surface area contributed by atoms with Crippen LogP contribution in [-0.4, -0.2) is 22.2 Å². The summed E-state index contributed by atoms with van der Waals surface area (Å²) in [5, 5.41) is 13.4. The van der Waals surface area contributed by atoms with Crippen LogP contribution in [0.5, 0.6) is 0 Å². The molecule has 5 nitrogen and oxygen atoms in total. The van der Waals surface area contributed by atoms with Crippen LogP contribution in [0.1, 0.15) is 35.7 Å². The van der Waals surface area contributed by atoms with Gasteiger partial charge in [0.05, 0.1) is 4.92 Å². The smallest absolute Gasteiger partial charge is 0.269 e. The number of hydrogen-bond acceptors (Lipinski definition) is 3. The molecule has 0 fully saturated rings. The zero-order chi connectivity index (χ0) is 14.4. The number of hydrogen-bond donors (Lipinski definition) is 1. The zero-order valence-corrected chi connectivity index (χ0v) is 12.6. The maximum Gasteiger partial charge on any atom is 0.269 e. The highest BCUT2D eigenvalue weighted by molar-refractivity contribution is 9.09. The van der Waals surface area contributed by atoms with E-state index < -0.39 is 4.92 Å². The number of nitro benzene ring substituents is 1. The Balaban J connectivity index is 2.70. The first-order valence-corrected chi connectivity index (χ1v) is 7.04. The molecule has 0 aromatic heterocycles. The van der Waals surface area contributed by atoms with E-state index in [4.69, 9.17) is 0 Å². The number of amides is 1. The molecule has 0 spiro atoms. The number of halogens is 1. The minimum absolute atomic E-state index is 0.00148. The Hall–Kier alpha value is -1.43. The molecule has 0 aliphatic carbocycles. The maximum absolute atomic E-state index is 12.0. The van der Waals surface area contributed by atoms with Gasteiger partial charge in [0.2, 0.25) is 0 Å². The summed E-state index contributed by atoms with van der Waals surface area (Å²) in [6, 6.07) is 4.25. The van der Waals surface area contributed by atoms with Crippen molar-refractivity contribution < 1.29 is 9.72 Å². The number of nitro groups is 1. The van der Waals surface area contributed by atoms with Crippen molar-refractivity contribution in [1.29, 1.82) is 0 Å². The highest BCUT2D eigenvalue weighted by Gasteiger charge is 2.14. The molecule has 0 bridgehead atoms. The SMILES string of the molecule is CCCC(Br)CNC(=O)c1ccc([N+](=O)[O-])cc1C. The van der Waals surface area contributed by atoms with Crippen LogP contribution in [-0.2, 0) is 0 Å². The van der Waals surface area contributed by atoms with Gasteiger partial charge in [-0.1, -0.05) is 29.3 Å². The number of carbonyl (C=O) groups excluding carboxylic acids is 1. The summed E-state index contributed by atoms with van der Waals surface area (Å²) in [6.07, 6.45) is 2.03. The summed E-state index contributed by atoms with van der Waals surface area (Å²) in [5.41, 5.74) is 1.08. The fourth-order valence-corrected chi connectivity index (χ4v) is 2.35. The lowest BCUT2D eigenvalue weighted by Gasteiger charge is -2.11. The predicted molar refractivity (Wildman–Crippen MR) is 77.8 cm³/mol. The second kappa shape index (κ2) is 7.23. The summed E-state index contributed by atoms with van der Waals surface area (Å²) in [6.45, 7) is 4.32. The lowest BCUT2D eigenvalue weighted by molar-refractivity contribution is -0.384. The molecule has 0 saturated carbocycles. The molecule has 1 atom stereocenters. The summed E-state index contributed by atoms with van der Waals surface area (Å²) in [7, 11) is 0. The molecule has 1 rings (SSSR count). The van der Waals surface area contributed by atoms with E-state index in [9.17, 15) is 14.9 Å². The quantitative estimate of drug-likeness (QED) is 0.495. The second-order valence-electron chi connectivity index (χ2n) is 4.35. The van der Waals surface area contributed by atoms with Gasteiger partial charge in [0.1, 0.15) is 0 Å². The largest absolute Gasteiger partial charge is 0.351 e. The van der Waals surface area contributed by atoms with E-state index in [1.807, 2.05) is 0 Å². The highest BCUT2D eigenvalue weighted by atomic mass is 79.9. The van der Waals surface area contributed by atoms with Crippen LogP contribution in [0, 0.1) is 17.0 Å². The van der Waals surface area contributed by atoms with Gasteiger partial charge in [0.25, 0.3) is 11.6 Å². The maximum atomic E-state index is 12.0. The topological polar surface area (TPSA) is 72.2 Å². The molecular weight excluding hydrogens is 312 g/mol. The lowest BCUT2D eigenvalue weighted by Crippen LogP contribution is -2.30. The average molecular weight is 329 g/mol. The average Bonchev–Trinajstić information content (AvgIpc) is 2.36. The molecule has 19 heavy (non-hydrogen) atoms. The van der Waals surface area contributed by atoms with E-state index in [2.05, 4.69) is 28.2 Å². The van der Waals surface area contributed by atoms with Crippen molar-refractivity contribution in [2.45, 2.75) is 31.5 Å². The first-order valence-electron chi connectivity index (χ1n) is 6.13. The van der Waals surface area contributed by atoms with E-state index in [0.29, 0.717) is 17.7 Å². The Morgan fingerprint density at radius 2 is 2.21 bits per heavy atom. The van der Waals surface area contributed by atoms with Crippen molar-refractivity contribution in [2.75, 3.05) is 6.54 Å². The van der Waals surface area contributed by atoms with Crippen LogP contribution in [0.3, 0.4) is 0 Å². The lowest BCUT2D eigenvalue weighted by atomic mass is 10.1. The standard InChI is InChI=1S/C13H17BrN2O3/c1-3-4-10(14)8-15-13(17)12-6-5-11(16(18)19)7-9(12)2/h5-7,10H,3-4,8H2,1-2H3,(H,15,17). The molecule has 0 aliphatic heterocycles. The van der Waals surface area contributed by atoms with E-state index >= 15 is 0 Å². The van der Waals surface area contributed by atoms with Gasteiger partial charge in [-0.3, -0.25) is 14.9 Å². The van der Waals surface area contributed by atoms with Gasteiger partial charge >= 0.3 is 0 Å². The zero-order valence-electron chi connectivity index (χ0n) is 11.0. The summed E-state index contributed by atoms with van der Waals surface area (Å²) < 4.78 is 0. The second-order valence-corrected chi connectivity index (χ2v) is 5.65. The highest BCUT2D eigenvalue weighted by Crippen LogP contribution is 2.17. The number of alkyl halides is 1. The van der Waals surface area contributed by atoms with Crippen LogP contribution >= 0.6 is 15.9 Å². The normalized spacial score (nSPS) is 11.9. The van der Waals surface area contributed by atoms with Crippen LogP contribution in [0.4, 0.5) is 5.69 Å². The van der Waals surface area contributed by atoms with Crippen molar-refractivity contribution >= 4 is 27.5 Å². The molecule has 1 aromatic carbocycles. The van der Waals surface area contributed by atoms with Crippen LogP contribution < -0.4 is 5.32 Å². The van der Waals surface area contributed by atoms with Gasteiger partial charge in [0, 0.05) is 29.1 Å². The molecular formula is C13H17BrN2O3. The number of nitrogens with zero attached hydrogens (tertiary/aromatic N) is 1. The summed E-state index contributed by atoms with van der Waals surface area (Å²) in [5.74, 6) is -0.201. The van der Waals surface area contributed by atoms with E-state index in [0.717, 1.165) is 12.8 Å². The Bertz CT molecular complexity index is 477. The minimum Gasteiger partial charge on any atom is -0.351 e. The van der Waals surface area contributed by atoms with E-state index in [-0.39, 0.29) is 16.4 Å². The Kier molecular flexibility index (Phi) is 5.95. The molecule has 0 saturated heterocycles. The van der Waals surface area contributed by atoms with E-state index in [1.54, 1.807) is 6.92 Å². The fourth-order valence-electron chi connectivity index (χ4n) is 1.73. The monoisotopic (exact) mass is 328 g/mol. The molecule has 0 radical (unpaired) electrons. The van der Waals surface area contributed by atoms with Gasteiger partial charge in [-0.05, 0) is 25.0 Å². The fraction of sp³-hybridized carbons (Fsp3) is 0.462. The first kappa shape index (κ1) is 15.6. The van der Waals surface area contributed by atoms with Crippen LogP contribution in [0.2, 0.25) is 0 Å². The summed E-state index contributed by atoms with van der Waals surface area (Å²) >= 11 is 3.48. The molecule has 1 amide bonds. The number of aryl methyl sites for hydroxylation is 1. The number of rotatable bonds is 6. The van der Waals surface area contributed by atoms with Crippen molar-refractivity contribution in [2.24, 2.45) is 0 Å². The van der Waals surface area contributed by atoms with Crippen LogP contribution in [0.25, 0.3) is 0 Å². The molecule has 1 aromatic rings. The first-order chi connectivity index (χ1) is 8.95. The van der Waals surface area contributed by atoms with Crippen molar-refractivity contribution in [3.05, 3.63) is 39.4 Å².